The fourth-order valence-electron chi connectivity index (χ4n) is 8.85. The number of carbonyl (C=O) groups is 1. The summed E-state index contributed by atoms with van der Waals surface area (Å²) < 4.78 is 59.1. The number of amides is 2. The van der Waals surface area contributed by atoms with Crippen LogP contribution in [0.15, 0.2) is 102 Å². The van der Waals surface area contributed by atoms with Crippen LogP contribution in [0.1, 0.15) is 91.3 Å². The van der Waals surface area contributed by atoms with Gasteiger partial charge in [-0.3, -0.25) is 20.0 Å². The van der Waals surface area contributed by atoms with Gasteiger partial charge < -0.3 is 9.47 Å². The Labute approximate surface area is 398 Å². The molecule has 0 bridgehead atoms. The molecule has 3 aliphatic rings. The number of likely N-dealkylation sites (tertiary alicyclic amines) is 2. The van der Waals surface area contributed by atoms with E-state index in [1.54, 1.807) is 29.2 Å². The number of nitroso groups, excluding NO2 is 1. The van der Waals surface area contributed by atoms with Crippen molar-refractivity contribution in [3.63, 3.8) is 0 Å². The average molecular weight is 968 g/mol. The number of hydrogen-bond acceptors (Lipinski definition) is 10. The molecule has 66 heavy (non-hydrogen) atoms. The number of halogens is 3. The van der Waals surface area contributed by atoms with Crippen LogP contribution in [0, 0.1) is 33.3 Å². The lowest BCUT2D eigenvalue weighted by Gasteiger charge is -2.46. The minimum absolute atomic E-state index is 0. The van der Waals surface area contributed by atoms with Gasteiger partial charge in [-0.15, -0.1) is 4.91 Å². The minimum atomic E-state index is -4.12. The number of ether oxygens (including phenoxy) is 2. The van der Waals surface area contributed by atoms with E-state index in [0.29, 0.717) is 29.9 Å². The van der Waals surface area contributed by atoms with E-state index in [1.165, 1.54) is 33.9 Å². The van der Waals surface area contributed by atoms with E-state index in [1.807, 2.05) is 58.0 Å². The second-order valence-corrected chi connectivity index (χ2v) is 20.0. The Balaban J connectivity index is 0.000000255. The van der Waals surface area contributed by atoms with Crippen molar-refractivity contribution in [1.29, 1.82) is 5.26 Å². The number of nitrogens with zero attached hydrogens (tertiary/aromatic N) is 5. The molecule has 4 aromatic carbocycles. The first-order valence-electron chi connectivity index (χ1n) is 21.6. The molecule has 0 aliphatic carbocycles. The Morgan fingerprint density at radius 3 is 1.77 bits per heavy atom. The third-order valence-corrected chi connectivity index (χ3v) is 12.5. The SMILES string of the molecule is C.CC(C)Oc1cccc(CN2CC[C@@](C#N)(Cc3cccc(F)c3)C[C@@H]2C)c1.CC(C)Oc1cccc(CN2CC[C@@]3(C[C@@H]2C)C(=S)NC(=O)N3c2cccc(F)c2)c1.O=NS(=O)(=O)Cl. The van der Waals surface area contributed by atoms with Gasteiger partial charge >= 0.3 is 15.3 Å². The Bertz CT molecular complexity index is 2450. The van der Waals surface area contributed by atoms with Crippen molar-refractivity contribution in [2.24, 2.45) is 10.00 Å². The highest BCUT2D eigenvalue weighted by Gasteiger charge is 2.53. The molecule has 3 heterocycles. The molecule has 356 valence electrons. The number of thiocarbonyl (C=S) groups is 1. The van der Waals surface area contributed by atoms with E-state index in [4.69, 9.17) is 26.6 Å². The average Bonchev–Trinajstić information content (AvgIpc) is 3.47. The molecule has 4 atom stereocenters. The zero-order valence-electron chi connectivity index (χ0n) is 37.5. The van der Waals surface area contributed by atoms with Crippen molar-refractivity contribution in [1.82, 2.24) is 15.1 Å². The molecule has 1 N–H and O–H groups in total. The zero-order valence-corrected chi connectivity index (χ0v) is 39.9. The summed E-state index contributed by atoms with van der Waals surface area (Å²) in [4.78, 5) is 28.6. The molecule has 12 nitrogen and oxygen atoms in total. The quantitative estimate of drug-likeness (QED) is 0.0827. The first-order valence-corrected chi connectivity index (χ1v) is 24.3. The normalized spacial score (nSPS) is 22.0. The molecule has 2 amide bonds. The van der Waals surface area contributed by atoms with Crippen LogP contribution in [0.5, 0.6) is 11.5 Å². The first-order chi connectivity index (χ1) is 30.7. The van der Waals surface area contributed by atoms with Crippen LogP contribution in [0.4, 0.5) is 19.3 Å². The summed E-state index contributed by atoms with van der Waals surface area (Å²) in [6, 6.07) is 32.0. The zero-order chi connectivity index (χ0) is 47.5. The van der Waals surface area contributed by atoms with Crippen molar-refractivity contribution >= 4 is 48.8 Å². The lowest BCUT2D eigenvalue weighted by Crippen LogP contribution is -2.58. The van der Waals surface area contributed by atoms with Gasteiger partial charge in [0.15, 0.2) is 0 Å². The second kappa shape index (κ2) is 23.6. The molecular formula is C49H61ClF2N6O6S2. The third kappa shape index (κ3) is 14.7. The summed E-state index contributed by atoms with van der Waals surface area (Å²) >= 11 is 5.61. The van der Waals surface area contributed by atoms with Crippen molar-refractivity contribution < 1.29 is 31.5 Å². The maximum atomic E-state index is 13.9. The number of benzene rings is 4. The van der Waals surface area contributed by atoms with E-state index in [2.05, 4.69) is 70.0 Å². The van der Waals surface area contributed by atoms with Gasteiger partial charge in [-0.2, -0.15) is 13.7 Å². The summed E-state index contributed by atoms with van der Waals surface area (Å²) in [5, 5.41) is 12.7. The van der Waals surface area contributed by atoms with E-state index in [0.717, 1.165) is 56.1 Å². The topological polar surface area (TPSA) is 145 Å². The number of carbonyl (C=O) groups excluding carboxylic acids is 1. The largest absolute Gasteiger partial charge is 0.491 e. The van der Waals surface area contributed by atoms with Crippen LogP contribution in [-0.4, -0.2) is 72.2 Å². The molecule has 0 saturated carbocycles. The van der Waals surface area contributed by atoms with Gasteiger partial charge in [0.1, 0.15) is 33.7 Å². The van der Waals surface area contributed by atoms with Crippen molar-refractivity contribution in [3.8, 4) is 17.6 Å². The highest BCUT2D eigenvalue weighted by atomic mass is 35.7. The number of nitrogens with one attached hydrogen (secondary N) is 1. The van der Waals surface area contributed by atoms with Gasteiger partial charge in [0.05, 0.1) is 28.3 Å². The highest BCUT2D eigenvalue weighted by Crippen LogP contribution is 2.41. The lowest BCUT2D eigenvalue weighted by molar-refractivity contribution is 0.0835. The number of rotatable bonds is 12. The summed E-state index contributed by atoms with van der Waals surface area (Å²) in [5.41, 5.74) is 2.80. The van der Waals surface area contributed by atoms with Crippen LogP contribution >= 0.6 is 22.9 Å². The maximum Gasteiger partial charge on any atom is 0.374 e. The smallest absolute Gasteiger partial charge is 0.374 e. The predicted molar refractivity (Wildman–Crippen MR) is 261 cm³/mol. The molecule has 3 fully saturated rings. The Hall–Kier alpha value is -5.05. The lowest BCUT2D eigenvalue weighted by atomic mass is 9.72. The number of urea groups is 1. The van der Waals surface area contributed by atoms with Gasteiger partial charge in [-0.05, 0) is 145 Å². The number of nitriles is 1. The molecule has 3 saturated heterocycles. The fraction of sp³-hybridized carbons (Fsp3) is 0.449. The molecule has 0 unspecified atom stereocenters. The highest BCUT2D eigenvalue weighted by molar-refractivity contribution is 8.12. The van der Waals surface area contributed by atoms with Gasteiger partial charge in [0, 0.05) is 54.6 Å². The molecular weight excluding hydrogens is 906 g/mol. The maximum absolute atomic E-state index is 13.9. The van der Waals surface area contributed by atoms with Crippen LogP contribution in [0.2, 0.25) is 0 Å². The van der Waals surface area contributed by atoms with Crippen LogP contribution < -0.4 is 19.7 Å². The minimum Gasteiger partial charge on any atom is -0.491 e. The fourth-order valence-corrected chi connectivity index (χ4v) is 9.22. The number of hydrogen-bond donors (Lipinski definition) is 1. The van der Waals surface area contributed by atoms with E-state index in [9.17, 15) is 27.3 Å². The molecule has 0 aromatic heterocycles. The number of piperidine rings is 2. The van der Waals surface area contributed by atoms with Crippen molar-refractivity contribution in [3.05, 3.63) is 130 Å². The van der Waals surface area contributed by atoms with Gasteiger partial charge in [-0.25, -0.2) is 13.6 Å². The monoisotopic (exact) mass is 966 g/mol. The summed E-state index contributed by atoms with van der Waals surface area (Å²) in [5.74, 6) is 1.17. The van der Waals surface area contributed by atoms with Crippen LogP contribution in [0.3, 0.4) is 0 Å². The Morgan fingerprint density at radius 2 is 1.30 bits per heavy atom. The van der Waals surface area contributed by atoms with Crippen molar-refractivity contribution in [2.45, 2.75) is 124 Å². The molecule has 3 aliphatic heterocycles. The van der Waals surface area contributed by atoms with Gasteiger partial charge in [0.2, 0.25) is 0 Å². The number of anilines is 1. The Morgan fingerprint density at radius 1 is 0.818 bits per heavy atom. The van der Waals surface area contributed by atoms with Crippen molar-refractivity contribution in [2.75, 3.05) is 18.0 Å². The first kappa shape index (κ1) is 53.6. The van der Waals surface area contributed by atoms with E-state index >= 15 is 0 Å². The van der Waals surface area contributed by atoms with Gasteiger partial charge in [0.25, 0.3) is 0 Å². The predicted octanol–water partition coefficient (Wildman–Crippen LogP) is 11.1. The molecule has 0 radical (unpaired) electrons. The summed E-state index contributed by atoms with van der Waals surface area (Å²) in [6.45, 7) is 15.7. The second-order valence-electron chi connectivity index (χ2n) is 17.5. The molecule has 17 heteroatoms. The standard InChI is InChI=1S/C24H28FN3O2S.C24H29FN2O.CH4.ClNO3S/c1-16(2)30-21-9-4-6-18(12-21)15-27-11-10-24(14-17(27)3)22(31)26-23(29)28(24)20-8-5-7-19(25)13-20;1-18(2)28-23-9-5-7-21(13-23)16-27-11-10-24(17-26,14-19(27)3)15-20-6-4-8-22(25)12-20;;1-6(4,5)2-3/h4-9,12-13,16-17H,10-11,14-15H2,1-3H3,(H,26,29,31);4-9,12-13,18-19H,10-11,14-16H2,1-3H3;1H4;/t17-,24+;19-,24-;;/m00../s1. The Kier molecular flexibility index (Phi) is 19.2. The van der Waals surface area contributed by atoms with E-state index in [-0.39, 0.29) is 49.4 Å². The summed E-state index contributed by atoms with van der Waals surface area (Å²) in [7, 11) is 0.0903. The van der Waals surface area contributed by atoms with Crippen LogP contribution in [-0.2, 0) is 28.7 Å². The third-order valence-electron chi connectivity index (χ3n) is 11.7. The molecule has 4 aromatic rings. The van der Waals surface area contributed by atoms with Gasteiger partial charge in [-0.1, -0.05) is 62.1 Å². The summed E-state index contributed by atoms with van der Waals surface area (Å²) in [6.07, 6.45) is 3.86. The van der Waals surface area contributed by atoms with E-state index < -0.39 is 20.2 Å². The van der Waals surface area contributed by atoms with Crippen LogP contribution in [0.25, 0.3) is 0 Å². The molecule has 1 spiro atoms. The molecule has 7 rings (SSSR count).